The third-order valence-electron chi connectivity index (χ3n) is 3.25. The zero-order chi connectivity index (χ0) is 14.4. The fraction of sp³-hybridized carbons (Fsp3) is 0.455. The average Bonchev–Trinajstić information content (AvgIpc) is 2.94. The summed E-state index contributed by atoms with van der Waals surface area (Å²) in [5.41, 5.74) is 0.853. The number of fused-ring (bicyclic) bond motifs is 1. The molecule has 0 bridgehead atoms. The van der Waals surface area contributed by atoms with Crippen LogP contribution >= 0.6 is 23.2 Å². The maximum Gasteiger partial charge on any atom is 0.165 e. The van der Waals surface area contributed by atoms with Gasteiger partial charge in [-0.25, -0.2) is 9.97 Å². The van der Waals surface area contributed by atoms with E-state index in [9.17, 15) is 10.2 Å². The van der Waals surface area contributed by atoms with Crippen molar-refractivity contribution in [1.82, 2.24) is 14.5 Å². The molecule has 1 aliphatic heterocycles. The minimum absolute atomic E-state index is 0.104. The van der Waals surface area contributed by atoms with Crippen LogP contribution in [0.15, 0.2) is 12.4 Å². The predicted molar refractivity (Wildman–Crippen MR) is 70.6 cm³/mol. The molecule has 0 saturated carbocycles. The Morgan fingerprint density at radius 1 is 1.30 bits per heavy atom. The second-order valence-corrected chi connectivity index (χ2v) is 5.25. The van der Waals surface area contributed by atoms with Crippen LogP contribution < -0.4 is 0 Å². The van der Waals surface area contributed by atoms with E-state index in [-0.39, 0.29) is 10.2 Å². The number of pyridine rings is 1. The highest BCUT2D eigenvalue weighted by atomic mass is 35.5. The molecule has 1 unspecified atom stereocenters. The first-order chi connectivity index (χ1) is 9.52. The SMILES string of the molecule is OC[C@H]1O[C@@H](n2cnc3cc(Cl)c(Cl)nc32)C(O)[C@H]1O. The Morgan fingerprint density at radius 2 is 2.05 bits per heavy atom. The van der Waals surface area contributed by atoms with Crippen molar-refractivity contribution in [2.75, 3.05) is 6.61 Å². The summed E-state index contributed by atoms with van der Waals surface area (Å²) in [6.07, 6.45) is -2.76. The van der Waals surface area contributed by atoms with Crippen LogP contribution in [0.2, 0.25) is 10.2 Å². The van der Waals surface area contributed by atoms with Crippen molar-refractivity contribution in [2.24, 2.45) is 0 Å². The molecule has 1 fully saturated rings. The predicted octanol–water partition coefficient (Wildman–Crippen LogP) is 0.350. The lowest BCUT2D eigenvalue weighted by molar-refractivity contribution is -0.0511. The molecule has 3 rings (SSSR count). The summed E-state index contributed by atoms with van der Waals surface area (Å²) < 4.78 is 6.86. The summed E-state index contributed by atoms with van der Waals surface area (Å²) in [6.45, 7) is -0.401. The molecule has 108 valence electrons. The quantitative estimate of drug-likeness (QED) is 0.690. The van der Waals surface area contributed by atoms with Crippen LogP contribution in [-0.2, 0) is 4.74 Å². The molecule has 7 nitrogen and oxygen atoms in total. The third-order valence-corrected chi connectivity index (χ3v) is 3.92. The summed E-state index contributed by atoms with van der Waals surface area (Å²) >= 11 is 11.7. The van der Waals surface area contributed by atoms with Crippen LogP contribution in [0, 0.1) is 0 Å². The molecule has 0 spiro atoms. The van der Waals surface area contributed by atoms with Crippen molar-refractivity contribution >= 4 is 34.4 Å². The Morgan fingerprint density at radius 3 is 2.70 bits per heavy atom. The number of halogens is 2. The first kappa shape index (κ1) is 14.0. The monoisotopic (exact) mass is 319 g/mol. The van der Waals surface area contributed by atoms with Gasteiger partial charge in [-0.15, -0.1) is 0 Å². The molecule has 0 amide bonds. The average molecular weight is 320 g/mol. The fourth-order valence-corrected chi connectivity index (χ4v) is 2.49. The van der Waals surface area contributed by atoms with Crippen molar-refractivity contribution < 1.29 is 20.1 Å². The standard InChI is InChI=1S/C11H11Cl2N3O4/c12-4-1-5-10(15-9(4)13)16(3-14-5)11-8(19)7(18)6(2-17)20-11/h1,3,6-8,11,17-19H,2H2/t6-,7+,8?,11-/m1/s1. The minimum Gasteiger partial charge on any atom is -0.394 e. The molecule has 0 aromatic carbocycles. The lowest BCUT2D eigenvalue weighted by atomic mass is 10.1. The normalized spacial score (nSPS) is 30.2. The zero-order valence-electron chi connectivity index (χ0n) is 10.0. The summed E-state index contributed by atoms with van der Waals surface area (Å²) in [5.74, 6) is 0. The number of imidazole rings is 1. The van der Waals surface area contributed by atoms with Gasteiger partial charge in [-0.3, -0.25) is 4.57 Å². The van der Waals surface area contributed by atoms with Gasteiger partial charge in [0.25, 0.3) is 0 Å². The molecule has 20 heavy (non-hydrogen) atoms. The van der Waals surface area contributed by atoms with Gasteiger partial charge in [0.15, 0.2) is 11.9 Å². The van der Waals surface area contributed by atoms with Crippen molar-refractivity contribution in [1.29, 1.82) is 0 Å². The number of rotatable bonds is 2. The summed E-state index contributed by atoms with van der Waals surface area (Å²) in [7, 11) is 0. The molecular formula is C11H11Cl2N3O4. The Bertz CT molecular complexity index is 650. The van der Waals surface area contributed by atoms with E-state index in [0.29, 0.717) is 11.2 Å². The molecule has 0 aliphatic carbocycles. The van der Waals surface area contributed by atoms with Gasteiger partial charge in [0, 0.05) is 0 Å². The number of aliphatic hydroxyl groups is 3. The van der Waals surface area contributed by atoms with Crippen LogP contribution in [0.25, 0.3) is 11.2 Å². The van der Waals surface area contributed by atoms with Crippen LogP contribution in [0.1, 0.15) is 6.23 Å². The van der Waals surface area contributed by atoms with E-state index in [2.05, 4.69) is 9.97 Å². The van der Waals surface area contributed by atoms with E-state index in [1.165, 1.54) is 10.9 Å². The largest absolute Gasteiger partial charge is 0.394 e. The van der Waals surface area contributed by atoms with E-state index >= 15 is 0 Å². The second-order valence-electron chi connectivity index (χ2n) is 4.48. The van der Waals surface area contributed by atoms with Crippen molar-refractivity contribution in [3.63, 3.8) is 0 Å². The van der Waals surface area contributed by atoms with Gasteiger partial charge in [-0.05, 0) is 6.07 Å². The summed E-state index contributed by atoms with van der Waals surface area (Å²) in [6, 6.07) is 1.55. The molecular weight excluding hydrogens is 309 g/mol. The highest BCUT2D eigenvalue weighted by Gasteiger charge is 2.43. The van der Waals surface area contributed by atoms with E-state index in [4.69, 9.17) is 33.0 Å². The molecule has 2 aromatic heterocycles. The van der Waals surface area contributed by atoms with Gasteiger partial charge in [-0.2, -0.15) is 0 Å². The molecule has 4 atom stereocenters. The molecule has 9 heteroatoms. The van der Waals surface area contributed by atoms with Gasteiger partial charge in [-0.1, -0.05) is 23.2 Å². The Balaban J connectivity index is 2.05. The first-order valence-electron chi connectivity index (χ1n) is 5.84. The lowest BCUT2D eigenvalue weighted by Gasteiger charge is -2.16. The van der Waals surface area contributed by atoms with Crippen molar-refractivity contribution in [3.05, 3.63) is 22.6 Å². The second kappa shape index (κ2) is 5.10. The number of hydrogen-bond acceptors (Lipinski definition) is 6. The van der Waals surface area contributed by atoms with Gasteiger partial charge >= 0.3 is 0 Å². The van der Waals surface area contributed by atoms with Crippen LogP contribution in [-0.4, -0.2) is 54.8 Å². The third kappa shape index (κ3) is 2.07. The maximum atomic E-state index is 9.99. The Hall–Kier alpha value is -0.960. The van der Waals surface area contributed by atoms with E-state index in [0.717, 1.165) is 0 Å². The van der Waals surface area contributed by atoms with E-state index in [1.54, 1.807) is 6.07 Å². The van der Waals surface area contributed by atoms with E-state index < -0.39 is 31.1 Å². The van der Waals surface area contributed by atoms with Crippen molar-refractivity contribution in [3.8, 4) is 0 Å². The number of hydrogen-bond donors (Lipinski definition) is 3. The highest BCUT2D eigenvalue weighted by molar-refractivity contribution is 6.41. The Labute approximate surface area is 123 Å². The van der Waals surface area contributed by atoms with Crippen LogP contribution in [0.3, 0.4) is 0 Å². The molecule has 3 heterocycles. The topological polar surface area (TPSA) is 101 Å². The van der Waals surface area contributed by atoms with Crippen LogP contribution in [0.5, 0.6) is 0 Å². The molecule has 1 aliphatic rings. The van der Waals surface area contributed by atoms with Gasteiger partial charge < -0.3 is 20.1 Å². The highest BCUT2D eigenvalue weighted by Crippen LogP contribution is 2.32. The fourth-order valence-electron chi connectivity index (χ4n) is 2.21. The van der Waals surface area contributed by atoms with Gasteiger partial charge in [0.05, 0.1) is 18.0 Å². The lowest BCUT2D eigenvalue weighted by Crippen LogP contribution is -2.33. The molecule has 2 aromatic rings. The maximum absolute atomic E-state index is 9.99. The number of ether oxygens (including phenoxy) is 1. The van der Waals surface area contributed by atoms with Gasteiger partial charge in [0.2, 0.25) is 0 Å². The Kier molecular flexibility index (Phi) is 3.57. The molecule has 0 radical (unpaired) electrons. The number of aliphatic hydroxyl groups excluding tert-OH is 3. The van der Waals surface area contributed by atoms with Gasteiger partial charge in [0.1, 0.15) is 29.0 Å². The van der Waals surface area contributed by atoms with E-state index in [1.807, 2.05) is 0 Å². The number of aromatic nitrogens is 3. The number of nitrogens with zero attached hydrogens (tertiary/aromatic N) is 3. The summed E-state index contributed by atoms with van der Waals surface area (Å²) in [5, 5.41) is 29.2. The van der Waals surface area contributed by atoms with Crippen molar-refractivity contribution in [2.45, 2.75) is 24.5 Å². The zero-order valence-corrected chi connectivity index (χ0v) is 11.5. The summed E-state index contributed by atoms with van der Waals surface area (Å²) in [4.78, 5) is 8.19. The smallest absolute Gasteiger partial charge is 0.165 e. The first-order valence-corrected chi connectivity index (χ1v) is 6.59. The molecule has 3 N–H and O–H groups in total. The van der Waals surface area contributed by atoms with Crippen LogP contribution in [0.4, 0.5) is 0 Å². The minimum atomic E-state index is -1.21. The molecule has 1 saturated heterocycles.